The Balaban J connectivity index is 0.000000980. The molecule has 0 spiro atoms. The van der Waals surface area contributed by atoms with Crippen molar-refractivity contribution in [2.24, 2.45) is 0 Å². The molecule has 0 radical (unpaired) electrons. The minimum atomic E-state index is 0. The molecule has 0 bridgehead atoms. The van der Waals surface area contributed by atoms with Crippen molar-refractivity contribution in [2.45, 2.75) is 12.3 Å². The topological polar surface area (TPSA) is 0 Å². The quantitative estimate of drug-likeness (QED) is 0.519. The molecule has 1 aromatic rings. The Hall–Kier alpha value is 0.163. The molecule has 1 aromatic carbocycles. The summed E-state index contributed by atoms with van der Waals surface area (Å²) in [5, 5.41) is 0. The van der Waals surface area contributed by atoms with Crippen molar-refractivity contribution in [3.63, 3.8) is 0 Å². The van der Waals surface area contributed by atoms with E-state index in [1.165, 1.54) is 35.8 Å². The molecule has 3 heteroatoms. The average molecular weight is 317 g/mol. The van der Waals surface area contributed by atoms with Crippen LogP contribution in [0, 0.1) is 0 Å². The minimum absolute atomic E-state index is 0. The fourth-order valence-electron chi connectivity index (χ4n) is 1.82. The van der Waals surface area contributed by atoms with Crippen LogP contribution in [0.1, 0.15) is 23.5 Å². The van der Waals surface area contributed by atoms with Crippen molar-refractivity contribution in [3.05, 3.63) is 51.3 Å². The van der Waals surface area contributed by atoms with E-state index in [2.05, 4.69) is 36.9 Å². The summed E-state index contributed by atoms with van der Waals surface area (Å²) in [5.74, 6) is 0.617. The van der Waals surface area contributed by atoms with Crippen molar-refractivity contribution in [3.8, 4) is 0 Å². The Labute approximate surface area is 119 Å². The molecule has 0 aromatic heterocycles. The maximum atomic E-state index is 3.81. The van der Waals surface area contributed by atoms with Gasteiger partial charge in [-0.15, -0.1) is 0 Å². The van der Waals surface area contributed by atoms with Crippen LogP contribution in [-0.2, 0) is 24.7 Å². The first-order valence-electron chi connectivity index (χ1n) is 4.46. The molecule has 1 atom stereocenters. The Bertz CT molecular complexity index is 372. The first-order chi connectivity index (χ1) is 6.33. The monoisotopic (exact) mass is 315 g/mol. The molecule has 15 heavy (non-hydrogen) atoms. The maximum Gasteiger partial charge on any atom is -1.00 e. The van der Waals surface area contributed by atoms with Crippen LogP contribution < -0.4 is 24.8 Å². The van der Waals surface area contributed by atoms with Crippen LogP contribution in [0.15, 0.2) is 40.2 Å². The predicted octanol–water partition coefficient (Wildman–Crippen LogP) is -2.74. The van der Waals surface area contributed by atoms with Gasteiger partial charge in [-0.1, -0.05) is 0 Å². The van der Waals surface area contributed by atoms with Crippen LogP contribution in [0.4, 0.5) is 0 Å². The van der Waals surface area contributed by atoms with E-state index in [4.69, 9.17) is 0 Å². The van der Waals surface area contributed by atoms with E-state index >= 15 is 0 Å². The van der Waals surface area contributed by atoms with Crippen LogP contribution in [0.2, 0.25) is 0 Å². The molecule has 0 fully saturated rings. The molecule has 0 amide bonds. The second-order valence-corrected chi connectivity index (χ2v) is 4.72. The van der Waals surface area contributed by atoms with E-state index in [9.17, 15) is 0 Å². The molecule has 0 saturated heterocycles. The van der Waals surface area contributed by atoms with Gasteiger partial charge in [0.25, 0.3) is 0 Å². The summed E-state index contributed by atoms with van der Waals surface area (Å²) in [6.45, 7) is 3.81. The Morgan fingerprint density at radius 1 is 1.27 bits per heavy atom. The predicted molar refractivity (Wildman–Crippen MR) is 52.0 cm³/mol. The summed E-state index contributed by atoms with van der Waals surface area (Å²) in [6.07, 6.45) is 5.42. The molecule has 0 heterocycles. The van der Waals surface area contributed by atoms with E-state index in [1.807, 2.05) is 6.08 Å². The van der Waals surface area contributed by atoms with Gasteiger partial charge in [0.05, 0.1) is 0 Å². The zero-order chi connectivity index (χ0) is 9.26. The molecule has 1 aliphatic rings. The number of fused-ring (bicyclic) bond motifs is 1. The molecular weight excluding hydrogens is 306 g/mol. The molecule has 2 rings (SSSR count). The van der Waals surface area contributed by atoms with Crippen molar-refractivity contribution in [1.29, 1.82) is 0 Å². The number of hydrogen-bond donors (Lipinski definition) is 0. The van der Waals surface area contributed by atoms with Crippen molar-refractivity contribution >= 4 is 6.08 Å². The summed E-state index contributed by atoms with van der Waals surface area (Å²) in [5.41, 5.74) is 2.88. The third-order valence-electron chi connectivity index (χ3n) is 2.46. The van der Waals surface area contributed by atoms with E-state index in [0.29, 0.717) is 5.92 Å². The Morgan fingerprint density at radius 3 is 2.60 bits per heavy atom. The van der Waals surface area contributed by atoms with E-state index in [1.54, 1.807) is 3.28 Å². The normalized spacial score (nSPS) is 16.9. The average Bonchev–Trinajstić information content (AvgIpc) is 2.44. The first-order valence-corrected chi connectivity index (χ1v) is 5.69. The third-order valence-corrected chi connectivity index (χ3v) is 3.67. The fraction of sp³-hybridized carbons (Fsp3) is 0.167. The molecule has 0 nitrogen and oxygen atoms in total. The van der Waals surface area contributed by atoms with Gasteiger partial charge in [0.1, 0.15) is 0 Å². The molecule has 77 valence electrons. The van der Waals surface area contributed by atoms with Crippen molar-refractivity contribution in [2.75, 3.05) is 0 Å². The second-order valence-electron chi connectivity index (χ2n) is 3.31. The van der Waals surface area contributed by atoms with Gasteiger partial charge in [-0.2, -0.15) is 0 Å². The van der Waals surface area contributed by atoms with Crippen molar-refractivity contribution in [1.82, 2.24) is 0 Å². The van der Waals surface area contributed by atoms with Gasteiger partial charge in [0.15, 0.2) is 0 Å². The van der Waals surface area contributed by atoms with Gasteiger partial charge < -0.3 is 24.8 Å². The molecule has 0 saturated carbocycles. The second kappa shape index (κ2) is 6.68. The van der Waals surface area contributed by atoms with E-state index in [0.717, 1.165) is 6.42 Å². The van der Waals surface area contributed by atoms with Crippen LogP contribution >= 0.6 is 0 Å². The van der Waals surface area contributed by atoms with Crippen LogP contribution in [0.3, 0.4) is 0 Å². The van der Waals surface area contributed by atoms with E-state index < -0.39 is 0 Å². The van der Waals surface area contributed by atoms with Gasteiger partial charge in [0.2, 0.25) is 0 Å². The largest absolute Gasteiger partial charge is 1.00 e. The zero-order valence-corrected chi connectivity index (χ0v) is 12.2. The zero-order valence-electron chi connectivity index (χ0n) is 8.21. The number of allylic oxidation sites excluding steroid dienone is 2. The van der Waals surface area contributed by atoms with Crippen LogP contribution in [0.25, 0.3) is 6.08 Å². The number of benzene rings is 1. The fourth-order valence-corrected chi connectivity index (χ4v) is 2.87. The SMILES string of the molecule is C=CCC1[C]([Zr+2])=Cc2ccccc21.[Cl-].[Cl-]. The van der Waals surface area contributed by atoms with Gasteiger partial charge in [-0.25, -0.2) is 0 Å². The first kappa shape index (κ1) is 15.2. The number of rotatable bonds is 2. The van der Waals surface area contributed by atoms with Crippen LogP contribution in [-0.4, -0.2) is 0 Å². The summed E-state index contributed by atoms with van der Waals surface area (Å²) < 4.78 is 1.55. The maximum absolute atomic E-state index is 3.81. The van der Waals surface area contributed by atoms with Gasteiger partial charge in [-0.3, -0.25) is 0 Å². The molecule has 0 N–H and O–H groups in total. The summed E-state index contributed by atoms with van der Waals surface area (Å²) in [6, 6.07) is 8.66. The molecular formula is C12H11Cl2Zr. The van der Waals surface area contributed by atoms with Gasteiger partial charge >= 0.3 is 94.5 Å². The molecule has 1 unspecified atom stereocenters. The number of hydrogen-bond acceptors (Lipinski definition) is 0. The van der Waals surface area contributed by atoms with Crippen LogP contribution in [0.5, 0.6) is 0 Å². The summed E-state index contributed by atoms with van der Waals surface area (Å²) in [7, 11) is 0. The Kier molecular flexibility index (Phi) is 6.76. The van der Waals surface area contributed by atoms with Gasteiger partial charge in [0, 0.05) is 0 Å². The minimum Gasteiger partial charge on any atom is -1.00 e. The van der Waals surface area contributed by atoms with Gasteiger partial charge in [-0.05, 0) is 0 Å². The smallest absolute Gasteiger partial charge is 1.00 e. The summed E-state index contributed by atoms with van der Waals surface area (Å²) in [4.78, 5) is 0. The summed E-state index contributed by atoms with van der Waals surface area (Å²) >= 11 is 1.53. The number of halogens is 2. The van der Waals surface area contributed by atoms with Crippen molar-refractivity contribution < 1.29 is 49.5 Å². The third kappa shape index (κ3) is 3.06. The van der Waals surface area contributed by atoms with E-state index in [-0.39, 0.29) is 24.8 Å². The molecule has 0 aliphatic heterocycles. The standard InChI is InChI=1S/C12H11.2ClH.Zr/c1-2-5-10-8-9-11-6-3-4-7-12(10)11;;;/h2-4,6-7,9-10H,1,5H2;2*1H;/q;;;+2/p-2. The molecule has 1 aliphatic carbocycles. The Morgan fingerprint density at radius 2 is 1.93 bits per heavy atom.